The number of rotatable bonds is 8. The highest BCUT2D eigenvalue weighted by atomic mass is 32.2. The van der Waals surface area contributed by atoms with E-state index in [4.69, 9.17) is 10.4 Å². The molecule has 0 radical (unpaired) electrons. The first-order valence-electron chi connectivity index (χ1n) is 9.30. The van der Waals surface area contributed by atoms with Crippen LogP contribution in [-0.4, -0.2) is 32.8 Å². The summed E-state index contributed by atoms with van der Waals surface area (Å²) in [6.45, 7) is 3.73. The van der Waals surface area contributed by atoms with E-state index in [0.717, 1.165) is 0 Å². The van der Waals surface area contributed by atoms with E-state index in [0.29, 0.717) is 23.1 Å². The van der Waals surface area contributed by atoms with Crippen molar-refractivity contribution in [2.45, 2.75) is 31.2 Å². The standard InChI is InChI=1S/C21H24N4O4S/c1-14(2)12-19(21(27)24-11-10-22)25-20(26)17-5-3-4-16(13-17)15-6-8-18(9-7-15)30(23,28)29/h3-9,13-14,19H,11-12H2,1-2H3,(H,24,27)(H,25,26)(H2,23,28,29)/t19-/m0/s1. The normalized spacial score (nSPS) is 12.1. The van der Waals surface area contributed by atoms with E-state index >= 15 is 0 Å². The topological polar surface area (TPSA) is 142 Å². The molecule has 4 N–H and O–H groups in total. The first-order chi connectivity index (χ1) is 14.1. The highest BCUT2D eigenvalue weighted by molar-refractivity contribution is 7.89. The lowest BCUT2D eigenvalue weighted by atomic mass is 10.0. The van der Waals surface area contributed by atoms with Gasteiger partial charge in [0.15, 0.2) is 0 Å². The number of nitriles is 1. The molecule has 0 spiro atoms. The second-order valence-corrected chi connectivity index (χ2v) is 8.74. The van der Waals surface area contributed by atoms with Gasteiger partial charge in [0.1, 0.15) is 12.6 Å². The van der Waals surface area contributed by atoms with Gasteiger partial charge in [-0.05, 0) is 47.7 Å². The molecule has 158 valence electrons. The summed E-state index contributed by atoms with van der Waals surface area (Å²) >= 11 is 0. The third-order valence-electron chi connectivity index (χ3n) is 4.31. The van der Waals surface area contributed by atoms with E-state index in [1.54, 1.807) is 36.4 Å². The minimum absolute atomic E-state index is 0.0000522. The molecule has 0 aliphatic carbocycles. The highest BCUT2D eigenvalue weighted by Gasteiger charge is 2.22. The lowest BCUT2D eigenvalue weighted by molar-refractivity contribution is -0.123. The molecule has 2 aromatic carbocycles. The Labute approximate surface area is 176 Å². The quantitative estimate of drug-likeness (QED) is 0.549. The molecule has 0 aliphatic rings. The van der Waals surface area contributed by atoms with E-state index in [-0.39, 0.29) is 17.4 Å². The first kappa shape index (κ1) is 23.1. The van der Waals surface area contributed by atoms with E-state index in [1.165, 1.54) is 12.1 Å². The number of hydrogen-bond donors (Lipinski definition) is 3. The van der Waals surface area contributed by atoms with Crippen LogP contribution in [0.2, 0.25) is 0 Å². The van der Waals surface area contributed by atoms with Crippen molar-refractivity contribution in [3.8, 4) is 17.2 Å². The Hall–Kier alpha value is -3.22. The van der Waals surface area contributed by atoms with Crippen LogP contribution < -0.4 is 15.8 Å². The fraction of sp³-hybridized carbons (Fsp3) is 0.286. The maximum absolute atomic E-state index is 12.7. The summed E-state index contributed by atoms with van der Waals surface area (Å²) in [5.74, 6) is -0.670. The average molecular weight is 429 g/mol. The van der Waals surface area contributed by atoms with Crippen molar-refractivity contribution in [2.24, 2.45) is 11.1 Å². The van der Waals surface area contributed by atoms with Gasteiger partial charge in [-0.2, -0.15) is 5.26 Å². The molecule has 2 aromatic rings. The summed E-state index contributed by atoms with van der Waals surface area (Å²) < 4.78 is 22.8. The molecule has 2 amide bonds. The Morgan fingerprint density at radius 3 is 2.33 bits per heavy atom. The molecule has 0 saturated carbocycles. The SMILES string of the molecule is CC(C)C[C@H](NC(=O)c1cccc(-c2ccc(S(N)(=O)=O)cc2)c1)C(=O)NCC#N. The maximum Gasteiger partial charge on any atom is 0.251 e. The zero-order valence-corrected chi connectivity index (χ0v) is 17.6. The Morgan fingerprint density at radius 2 is 1.77 bits per heavy atom. The number of nitrogens with zero attached hydrogens (tertiary/aromatic N) is 1. The monoisotopic (exact) mass is 428 g/mol. The molecule has 8 nitrogen and oxygen atoms in total. The van der Waals surface area contributed by atoms with Gasteiger partial charge in [0, 0.05) is 5.56 Å². The number of nitrogens with one attached hydrogen (secondary N) is 2. The minimum atomic E-state index is -3.78. The van der Waals surface area contributed by atoms with Gasteiger partial charge in [0.05, 0.1) is 11.0 Å². The summed E-state index contributed by atoms with van der Waals surface area (Å²) in [4.78, 5) is 25.0. The zero-order valence-electron chi connectivity index (χ0n) is 16.8. The Kier molecular flexibility index (Phi) is 7.69. The maximum atomic E-state index is 12.7. The lowest BCUT2D eigenvalue weighted by Gasteiger charge is -2.19. The first-order valence-corrected chi connectivity index (χ1v) is 10.8. The summed E-state index contributed by atoms with van der Waals surface area (Å²) in [6, 6.07) is 13.8. The second kappa shape index (κ2) is 10.0. The zero-order chi connectivity index (χ0) is 22.3. The van der Waals surface area contributed by atoms with Gasteiger partial charge in [0.2, 0.25) is 15.9 Å². The van der Waals surface area contributed by atoms with Crippen LogP contribution in [0.25, 0.3) is 11.1 Å². The molecule has 30 heavy (non-hydrogen) atoms. The molecule has 0 unspecified atom stereocenters. The molecule has 0 saturated heterocycles. The van der Waals surface area contributed by atoms with E-state index in [9.17, 15) is 18.0 Å². The van der Waals surface area contributed by atoms with Gasteiger partial charge in [-0.3, -0.25) is 9.59 Å². The summed E-state index contributed by atoms with van der Waals surface area (Å²) in [5.41, 5.74) is 1.77. The highest BCUT2D eigenvalue weighted by Crippen LogP contribution is 2.22. The van der Waals surface area contributed by atoms with Gasteiger partial charge in [-0.25, -0.2) is 13.6 Å². The number of benzene rings is 2. The number of sulfonamides is 1. The molecule has 0 aromatic heterocycles. The average Bonchev–Trinajstić information content (AvgIpc) is 2.70. The fourth-order valence-electron chi connectivity index (χ4n) is 2.87. The van der Waals surface area contributed by atoms with Gasteiger partial charge in [-0.15, -0.1) is 0 Å². The Morgan fingerprint density at radius 1 is 1.10 bits per heavy atom. The van der Waals surface area contributed by atoms with Gasteiger partial charge in [-0.1, -0.05) is 38.1 Å². The van der Waals surface area contributed by atoms with E-state index in [2.05, 4.69) is 10.6 Å². The molecule has 0 fully saturated rings. The summed E-state index contributed by atoms with van der Waals surface area (Å²) in [7, 11) is -3.78. The van der Waals surface area contributed by atoms with Crippen molar-refractivity contribution >= 4 is 21.8 Å². The van der Waals surface area contributed by atoms with Crippen molar-refractivity contribution in [1.29, 1.82) is 5.26 Å². The van der Waals surface area contributed by atoms with E-state index in [1.807, 2.05) is 19.9 Å². The predicted octanol–water partition coefficient (Wildman–Crippen LogP) is 1.79. The Bertz CT molecular complexity index is 1060. The van der Waals surface area contributed by atoms with Crippen LogP contribution in [0, 0.1) is 17.2 Å². The van der Waals surface area contributed by atoms with Crippen molar-refractivity contribution in [1.82, 2.24) is 10.6 Å². The Balaban J connectivity index is 2.22. The number of carbonyl (C=O) groups is 2. The molecular weight excluding hydrogens is 404 g/mol. The molecule has 9 heteroatoms. The number of hydrogen-bond acceptors (Lipinski definition) is 5. The van der Waals surface area contributed by atoms with Crippen LogP contribution in [0.4, 0.5) is 0 Å². The van der Waals surface area contributed by atoms with Gasteiger partial charge in [0.25, 0.3) is 5.91 Å². The van der Waals surface area contributed by atoms with Crippen molar-refractivity contribution in [3.05, 3.63) is 54.1 Å². The van der Waals surface area contributed by atoms with Crippen LogP contribution in [0.3, 0.4) is 0 Å². The van der Waals surface area contributed by atoms with Gasteiger partial charge < -0.3 is 10.6 Å². The number of amides is 2. The van der Waals surface area contributed by atoms with E-state index < -0.39 is 27.9 Å². The van der Waals surface area contributed by atoms with Crippen LogP contribution in [-0.2, 0) is 14.8 Å². The summed E-state index contributed by atoms with van der Waals surface area (Å²) in [6.07, 6.45) is 0.428. The van der Waals surface area contributed by atoms with Gasteiger partial charge >= 0.3 is 0 Å². The lowest BCUT2D eigenvalue weighted by Crippen LogP contribution is -2.47. The molecule has 0 bridgehead atoms. The van der Waals surface area contributed by atoms with Crippen molar-refractivity contribution in [2.75, 3.05) is 6.54 Å². The second-order valence-electron chi connectivity index (χ2n) is 7.18. The largest absolute Gasteiger partial charge is 0.341 e. The van der Waals surface area contributed by atoms with Crippen LogP contribution in [0.1, 0.15) is 30.6 Å². The van der Waals surface area contributed by atoms with Crippen LogP contribution >= 0.6 is 0 Å². The molecule has 1 atom stereocenters. The molecule has 2 rings (SSSR count). The molecular formula is C21H24N4O4S. The smallest absolute Gasteiger partial charge is 0.251 e. The molecule has 0 heterocycles. The minimum Gasteiger partial charge on any atom is -0.341 e. The fourth-order valence-corrected chi connectivity index (χ4v) is 3.39. The molecule has 0 aliphatic heterocycles. The number of carbonyl (C=O) groups excluding carboxylic acids is 2. The summed E-state index contributed by atoms with van der Waals surface area (Å²) in [5, 5.41) is 19.0. The third kappa shape index (κ3) is 6.40. The van der Waals surface area contributed by atoms with Crippen molar-refractivity contribution in [3.63, 3.8) is 0 Å². The van der Waals surface area contributed by atoms with Crippen molar-refractivity contribution < 1.29 is 18.0 Å². The number of primary sulfonamides is 1. The number of nitrogens with two attached hydrogens (primary N) is 1. The predicted molar refractivity (Wildman–Crippen MR) is 113 cm³/mol. The van der Waals surface area contributed by atoms with Crippen LogP contribution in [0.15, 0.2) is 53.4 Å². The third-order valence-corrected chi connectivity index (χ3v) is 5.24. The van der Waals surface area contributed by atoms with Crippen LogP contribution in [0.5, 0.6) is 0 Å².